The second kappa shape index (κ2) is 6.95. The van der Waals surface area contributed by atoms with E-state index in [1.165, 1.54) is 6.07 Å². The van der Waals surface area contributed by atoms with Crippen molar-refractivity contribution in [1.29, 1.82) is 0 Å². The van der Waals surface area contributed by atoms with E-state index in [1.54, 1.807) is 0 Å². The number of carbonyl (C=O) groups is 1. The van der Waals surface area contributed by atoms with Crippen LogP contribution in [0.2, 0.25) is 0 Å². The zero-order chi connectivity index (χ0) is 15.3. The van der Waals surface area contributed by atoms with Crippen molar-refractivity contribution in [3.8, 4) is 0 Å². The van der Waals surface area contributed by atoms with Crippen LogP contribution in [0.25, 0.3) is 0 Å². The molecule has 1 fully saturated rings. The molecule has 1 saturated carbocycles. The van der Waals surface area contributed by atoms with Crippen molar-refractivity contribution in [2.75, 3.05) is 18.5 Å². The Kier molecular flexibility index (Phi) is 5.25. The highest BCUT2D eigenvalue weighted by atomic mass is 19.1. The number of aliphatic hydroxyl groups excluding tert-OH is 1. The van der Waals surface area contributed by atoms with Gasteiger partial charge in [-0.1, -0.05) is 25.3 Å². The molecule has 0 aliphatic heterocycles. The van der Waals surface area contributed by atoms with Crippen LogP contribution in [0.4, 0.5) is 14.5 Å². The van der Waals surface area contributed by atoms with Crippen LogP contribution in [0.3, 0.4) is 0 Å². The Morgan fingerprint density at radius 1 is 1.19 bits per heavy atom. The summed E-state index contributed by atoms with van der Waals surface area (Å²) in [7, 11) is 0. The maximum atomic E-state index is 13.4. The number of amides is 1. The van der Waals surface area contributed by atoms with Crippen molar-refractivity contribution in [3.05, 3.63) is 29.8 Å². The van der Waals surface area contributed by atoms with Crippen LogP contribution < -0.4 is 10.6 Å². The van der Waals surface area contributed by atoms with Crippen LogP contribution in [0.5, 0.6) is 0 Å². The van der Waals surface area contributed by atoms with Gasteiger partial charge in [0.15, 0.2) is 0 Å². The number of nitrogens with one attached hydrogen (secondary N) is 2. The molecule has 0 bridgehead atoms. The van der Waals surface area contributed by atoms with E-state index in [9.17, 15) is 18.7 Å². The number of para-hydroxylation sites is 1. The van der Waals surface area contributed by atoms with Crippen LogP contribution in [0, 0.1) is 11.6 Å². The van der Waals surface area contributed by atoms with Gasteiger partial charge in [0, 0.05) is 5.54 Å². The summed E-state index contributed by atoms with van der Waals surface area (Å²) in [6, 6.07) is 3.41. The van der Waals surface area contributed by atoms with Crippen LogP contribution in [0.15, 0.2) is 18.2 Å². The number of rotatable bonds is 5. The standard InChI is InChI=1S/C15H20F2N2O2/c16-11-5-4-6-12(17)14(11)19-13(21)9-18-15(10-20)7-2-1-3-8-15/h4-6,18,20H,1-3,7-10H2,(H,19,21). The Labute approximate surface area is 122 Å². The van der Waals surface area contributed by atoms with Crippen LogP contribution in [-0.2, 0) is 4.79 Å². The van der Waals surface area contributed by atoms with Crippen molar-refractivity contribution in [3.63, 3.8) is 0 Å². The van der Waals surface area contributed by atoms with Gasteiger partial charge in [-0.3, -0.25) is 4.79 Å². The van der Waals surface area contributed by atoms with Crippen LogP contribution in [-0.4, -0.2) is 29.7 Å². The molecule has 0 radical (unpaired) electrons. The minimum Gasteiger partial charge on any atom is -0.394 e. The molecule has 1 aliphatic carbocycles. The molecule has 4 nitrogen and oxygen atoms in total. The molecule has 3 N–H and O–H groups in total. The van der Waals surface area contributed by atoms with Gasteiger partial charge in [0.2, 0.25) is 5.91 Å². The first-order chi connectivity index (χ1) is 10.1. The minimum absolute atomic E-state index is 0.0473. The molecule has 0 heterocycles. The first kappa shape index (κ1) is 15.9. The second-order valence-electron chi connectivity index (χ2n) is 5.50. The van der Waals surface area contributed by atoms with Crippen molar-refractivity contribution in [1.82, 2.24) is 5.32 Å². The fourth-order valence-corrected chi connectivity index (χ4v) is 2.69. The lowest BCUT2D eigenvalue weighted by atomic mass is 9.82. The van der Waals surface area contributed by atoms with E-state index in [0.717, 1.165) is 44.2 Å². The van der Waals surface area contributed by atoms with E-state index >= 15 is 0 Å². The monoisotopic (exact) mass is 298 g/mol. The molecule has 21 heavy (non-hydrogen) atoms. The van der Waals surface area contributed by atoms with E-state index in [2.05, 4.69) is 10.6 Å². The van der Waals surface area contributed by atoms with E-state index in [-0.39, 0.29) is 13.2 Å². The van der Waals surface area contributed by atoms with Gasteiger partial charge in [0.25, 0.3) is 0 Å². The number of anilines is 1. The average Bonchev–Trinajstić information content (AvgIpc) is 2.50. The summed E-state index contributed by atoms with van der Waals surface area (Å²) >= 11 is 0. The number of hydrogen-bond acceptors (Lipinski definition) is 3. The van der Waals surface area contributed by atoms with E-state index in [4.69, 9.17) is 0 Å². The largest absolute Gasteiger partial charge is 0.394 e. The molecule has 0 unspecified atom stereocenters. The first-order valence-electron chi connectivity index (χ1n) is 7.16. The number of halogens is 2. The Bertz CT molecular complexity index is 482. The molecule has 6 heteroatoms. The normalized spacial score (nSPS) is 17.5. The van der Waals surface area contributed by atoms with Crippen molar-refractivity contribution in [2.45, 2.75) is 37.6 Å². The third-order valence-electron chi connectivity index (χ3n) is 3.96. The molecule has 1 aliphatic rings. The fraction of sp³-hybridized carbons (Fsp3) is 0.533. The SMILES string of the molecule is O=C(CNC1(CO)CCCCC1)Nc1c(F)cccc1F. The smallest absolute Gasteiger partial charge is 0.238 e. The molecule has 0 spiro atoms. The Balaban J connectivity index is 1.93. The highest BCUT2D eigenvalue weighted by molar-refractivity contribution is 5.92. The van der Waals surface area contributed by atoms with E-state index < -0.39 is 28.8 Å². The average molecular weight is 298 g/mol. The second-order valence-corrected chi connectivity index (χ2v) is 5.50. The van der Waals surface area contributed by atoms with Gasteiger partial charge < -0.3 is 15.7 Å². The molecule has 0 atom stereocenters. The molecule has 2 rings (SSSR count). The minimum atomic E-state index is -0.808. The third-order valence-corrected chi connectivity index (χ3v) is 3.96. The summed E-state index contributed by atoms with van der Waals surface area (Å²) in [5, 5.41) is 14.8. The summed E-state index contributed by atoms with van der Waals surface area (Å²) in [4.78, 5) is 11.8. The number of benzene rings is 1. The van der Waals surface area contributed by atoms with Gasteiger partial charge in [-0.2, -0.15) is 0 Å². The Morgan fingerprint density at radius 3 is 2.38 bits per heavy atom. The van der Waals surface area contributed by atoms with E-state index in [0.29, 0.717) is 0 Å². The maximum Gasteiger partial charge on any atom is 0.238 e. The Hall–Kier alpha value is -1.53. The van der Waals surface area contributed by atoms with Gasteiger partial charge in [-0.05, 0) is 25.0 Å². The van der Waals surface area contributed by atoms with Gasteiger partial charge in [0.05, 0.1) is 13.2 Å². The lowest BCUT2D eigenvalue weighted by Gasteiger charge is -2.36. The Morgan fingerprint density at radius 2 is 1.81 bits per heavy atom. The number of carbonyl (C=O) groups excluding carboxylic acids is 1. The zero-order valence-electron chi connectivity index (χ0n) is 11.8. The summed E-state index contributed by atoms with van der Waals surface area (Å²) in [5.41, 5.74) is -0.894. The summed E-state index contributed by atoms with van der Waals surface area (Å²) in [5.74, 6) is -2.15. The molecular formula is C15H20F2N2O2. The van der Waals surface area contributed by atoms with Gasteiger partial charge in [0.1, 0.15) is 17.3 Å². The molecule has 116 valence electrons. The maximum absolute atomic E-state index is 13.4. The highest BCUT2D eigenvalue weighted by Crippen LogP contribution is 2.27. The molecule has 0 saturated heterocycles. The van der Waals surface area contributed by atoms with Crippen LogP contribution in [0.1, 0.15) is 32.1 Å². The van der Waals surface area contributed by atoms with Crippen molar-refractivity contribution >= 4 is 11.6 Å². The van der Waals surface area contributed by atoms with Crippen molar-refractivity contribution in [2.24, 2.45) is 0 Å². The molecular weight excluding hydrogens is 278 g/mol. The molecule has 1 aromatic rings. The fourth-order valence-electron chi connectivity index (χ4n) is 2.69. The summed E-state index contributed by atoms with van der Waals surface area (Å²) < 4.78 is 26.9. The predicted octanol–water partition coefficient (Wildman–Crippen LogP) is 2.19. The zero-order valence-corrected chi connectivity index (χ0v) is 11.8. The summed E-state index contributed by atoms with van der Waals surface area (Å²) in [6.45, 7) is -0.136. The third kappa shape index (κ3) is 3.98. The highest BCUT2D eigenvalue weighted by Gasteiger charge is 2.31. The number of aliphatic hydroxyl groups is 1. The number of hydrogen-bond donors (Lipinski definition) is 3. The van der Waals surface area contributed by atoms with E-state index in [1.807, 2.05) is 0 Å². The van der Waals surface area contributed by atoms with Crippen LogP contribution >= 0.6 is 0 Å². The predicted molar refractivity (Wildman–Crippen MR) is 75.9 cm³/mol. The molecule has 1 amide bonds. The molecule has 0 aromatic heterocycles. The van der Waals surface area contributed by atoms with Gasteiger partial charge >= 0.3 is 0 Å². The lowest BCUT2D eigenvalue weighted by molar-refractivity contribution is -0.116. The molecule has 1 aromatic carbocycles. The summed E-state index contributed by atoms with van der Waals surface area (Å²) in [6.07, 6.45) is 4.71. The lowest BCUT2D eigenvalue weighted by Crippen LogP contribution is -2.52. The van der Waals surface area contributed by atoms with Gasteiger partial charge in [-0.15, -0.1) is 0 Å². The first-order valence-corrected chi connectivity index (χ1v) is 7.16. The van der Waals surface area contributed by atoms with Gasteiger partial charge in [-0.25, -0.2) is 8.78 Å². The topological polar surface area (TPSA) is 61.4 Å². The van der Waals surface area contributed by atoms with Crippen molar-refractivity contribution < 1.29 is 18.7 Å². The quantitative estimate of drug-likeness (QED) is 0.781.